The molecule has 0 unspecified atom stereocenters. The van der Waals surface area contributed by atoms with E-state index < -0.39 is 0 Å². The Morgan fingerprint density at radius 1 is 1.00 bits per heavy atom. The van der Waals surface area contributed by atoms with Gasteiger partial charge in [0.05, 0.1) is 6.54 Å². The summed E-state index contributed by atoms with van der Waals surface area (Å²) in [6, 6.07) is 13.1. The van der Waals surface area contributed by atoms with Crippen LogP contribution in [0.15, 0.2) is 42.5 Å². The number of anilines is 2. The van der Waals surface area contributed by atoms with Crippen LogP contribution in [0.2, 0.25) is 0 Å². The fraction of sp³-hybridized carbons (Fsp3) is 0.333. The van der Waals surface area contributed by atoms with Gasteiger partial charge in [-0.15, -0.1) is 0 Å². The van der Waals surface area contributed by atoms with Crippen molar-refractivity contribution in [3.05, 3.63) is 59.2 Å². The summed E-state index contributed by atoms with van der Waals surface area (Å²) in [5.74, 6) is -0.127. The van der Waals surface area contributed by atoms with Crippen LogP contribution < -0.4 is 10.6 Å². The normalized spacial score (nSPS) is 10.3. The summed E-state index contributed by atoms with van der Waals surface area (Å²) in [7, 11) is 0. The highest BCUT2D eigenvalue weighted by Gasteiger charge is 2.13. The highest BCUT2D eigenvalue weighted by molar-refractivity contribution is 5.96. The maximum absolute atomic E-state index is 12.4. The highest BCUT2D eigenvalue weighted by Crippen LogP contribution is 2.18. The first kappa shape index (κ1) is 19.5. The number of hydrogen-bond acceptors (Lipinski definition) is 3. The maximum Gasteiger partial charge on any atom is 0.253 e. The van der Waals surface area contributed by atoms with Gasteiger partial charge in [-0.3, -0.25) is 9.59 Å². The summed E-state index contributed by atoms with van der Waals surface area (Å²) in [6.07, 6.45) is 0. The molecule has 0 saturated carbocycles. The number of carbonyl (C=O) groups is 2. The molecule has 0 aliphatic heterocycles. The zero-order valence-electron chi connectivity index (χ0n) is 15.9. The van der Waals surface area contributed by atoms with Gasteiger partial charge in [-0.2, -0.15) is 0 Å². The first-order valence-corrected chi connectivity index (χ1v) is 8.95. The quantitative estimate of drug-likeness (QED) is 0.795. The van der Waals surface area contributed by atoms with Crippen molar-refractivity contribution in [3.8, 4) is 0 Å². The van der Waals surface area contributed by atoms with E-state index >= 15 is 0 Å². The third-order valence-electron chi connectivity index (χ3n) is 4.49. The summed E-state index contributed by atoms with van der Waals surface area (Å²) in [4.78, 5) is 26.4. The molecule has 2 rings (SSSR count). The second-order valence-corrected chi connectivity index (χ2v) is 6.21. The smallest absolute Gasteiger partial charge is 0.253 e. The monoisotopic (exact) mass is 353 g/mol. The summed E-state index contributed by atoms with van der Waals surface area (Å²) in [6.45, 7) is 9.40. The van der Waals surface area contributed by atoms with E-state index in [1.807, 2.05) is 58.0 Å². The van der Waals surface area contributed by atoms with Crippen LogP contribution in [0.3, 0.4) is 0 Å². The molecule has 2 N–H and O–H groups in total. The second-order valence-electron chi connectivity index (χ2n) is 6.21. The lowest BCUT2D eigenvalue weighted by atomic mass is 10.1. The first-order valence-electron chi connectivity index (χ1n) is 8.95. The van der Waals surface area contributed by atoms with Gasteiger partial charge < -0.3 is 15.5 Å². The van der Waals surface area contributed by atoms with Crippen molar-refractivity contribution in [1.82, 2.24) is 4.90 Å². The molecule has 5 nitrogen and oxygen atoms in total. The van der Waals surface area contributed by atoms with Crippen LogP contribution in [0, 0.1) is 13.8 Å². The van der Waals surface area contributed by atoms with Gasteiger partial charge in [-0.1, -0.05) is 18.2 Å². The van der Waals surface area contributed by atoms with E-state index in [-0.39, 0.29) is 18.4 Å². The molecule has 0 radical (unpaired) electrons. The van der Waals surface area contributed by atoms with Gasteiger partial charge in [0.2, 0.25) is 5.91 Å². The minimum atomic E-state index is -0.126. The van der Waals surface area contributed by atoms with E-state index in [0.717, 1.165) is 22.5 Å². The highest BCUT2D eigenvalue weighted by atomic mass is 16.2. The number of rotatable bonds is 7. The van der Waals surface area contributed by atoms with Crippen LogP contribution in [-0.2, 0) is 4.79 Å². The molecule has 2 aromatic carbocycles. The average Bonchev–Trinajstić information content (AvgIpc) is 2.65. The Balaban J connectivity index is 1.99. The van der Waals surface area contributed by atoms with Crippen molar-refractivity contribution < 1.29 is 9.59 Å². The van der Waals surface area contributed by atoms with Crippen LogP contribution >= 0.6 is 0 Å². The molecule has 0 aliphatic carbocycles. The Morgan fingerprint density at radius 2 is 1.69 bits per heavy atom. The van der Waals surface area contributed by atoms with Crippen LogP contribution in [0.25, 0.3) is 0 Å². The summed E-state index contributed by atoms with van der Waals surface area (Å²) in [5.41, 5.74) is 4.39. The third-order valence-corrected chi connectivity index (χ3v) is 4.49. The topological polar surface area (TPSA) is 61.4 Å². The van der Waals surface area contributed by atoms with Gasteiger partial charge in [0, 0.05) is 30.0 Å². The van der Waals surface area contributed by atoms with Crippen molar-refractivity contribution in [2.24, 2.45) is 0 Å². The van der Waals surface area contributed by atoms with Crippen LogP contribution in [0.1, 0.15) is 35.3 Å². The molecule has 0 bridgehead atoms. The van der Waals surface area contributed by atoms with Gasteiger partial charge in [0.25, 0.3) is 5.91 Å². The molecule has 0 spiro atoms. The lowest BCUT2D eigenvalue weighted by Crippen LogP contribution is -2.30. The Labute approximate surface area is 155 Å². The largest absolute Gasteiger partial charge is 0.376 e. The van der Waals surface area contributed by atoms with E-state index in [2.05, 4.69) is 10.6 Å². The van der Waals surface area contributed by atoms with Crippen molar-refractivity contribution in [2.45, 2.75) is 27.7 Å². The lowest BCUT2D eigenvalue weighted by Gasteiger charge is -2.19. The van der Waals surface area contributed by atoms with E-state index in [1.165, 1.54) is 0 Å². The van der Waals surface area contributed by atoms with Gasteiger partial charge in [-0.25, -0.2) is 0 Å². The fourth-order valence-electron chi connectivity index (χ4n) is 2.72. The second kappa shape index (κ2) is 9.04. The molecule has 26 heavy (non-hydrogen) atoms. The molecule has 0 atom stereocenters. The number of benzene rings is 2. The van der Waals surface area contributed by atoms with Gasteiger partial charge in [-0.05, 0) is 63.1 Å². The molecule has 2 amide bonds. The number of nitrogens with one attached hydrogen (secondary N) is 2. The first-order chi connectivity index (χ1) is 12.5. The molecule has 0 aromatic heterocycles. The Morgan fingerprint density at radius 3 is 2.38 bits per heavy atom. The number of hydrogen-bond donors (Lipinski definition) is 2. The zero-order chi connectivity index (χ0) is 19.1. The minimum absolute atomic E-state index is 0.00140. The van der Waals surface area contributed by atoms with Crippen molar-refractivity contribution in [1.29, 1.82) is 0 Å². The summed E-state index contributed by atoms with van der Waals surface area (Å²) in [5, 5.41) is 6.00. The lowest BCUT2D eigenvalue weighted by molar-refractivity contribution is -0.114. The van der Waals surface area contributed by atoms with E-state index in [9.17, 15) is 9.59 Å². The Kier molecular flexibility index (Phi) is 6.78. The summed E-state index contributed by atoms with van der Waals surface area (Å²) < 4.78 is 0. The predicted octanol–water partition coefficient (Wildman–Crippen LogP) is 3.84. The molecule has 0 fully saturated rings. The van der Waals surface area contributed by atoms with Crippen LogP contribution in [-0.4, -0.2) is 36.3 Å². The number of aryl methyl sites for hydroxylation is 1. The van der Waals surface area contributed by atoms with Crippen LogP contribution in [0.4, 0.5) is 11.4 Å². The average molecular weight is 353 g/mol. The number of amides is 2. The third kappa shape index (κ3) is 4.85. The Bertz CT molecular complexity index is 783. The molecular weight excluding hydrogens is 326 g/mol. The van der Waals surface area contributed by atoms with Crippen molar-refractivity contribution >= 4 is 23.2 Å². The number of carbonyl (C=O) groups excluding carboxylic acids is 2. The molecule has 0 heterocycles. The standard InChI is InChI=1S/C21H27N3O2/c1-5-24(6-2)21(26)17-10-8-11-18(13-17)22-14-20(25)23-19-12-7-9-15(3)16(19)4/h7-13,22H,5-6,14H2,1-4H3,(H,23,25). The molecule has 0 saturated heterocycles. The number of nitrogens with zero attached hydrogens (tertiary/aromatic N) is 1. The zero-order valence-corrected chi connectivity index (χ0v) is 15.9. The van der Waals surface area contributed by atoms with Gasteiger partial charge >= 0.3 is 0 Å². The van der Waals surface area contributed by atoms with Crippen LogP contribution in [0.5, 0.6) is 0 Å². The van der Waals surface area contributed by atoms with Crippen molar-refractivity contribution in [2.75, 3.05) is 30.3 Å². The van der Waals surface area contributed by atoms with E-state index in [4.69, 9.17) is 0 Å². The molecular formula is C21H27N3O2. The molecule has 138 valence electrons. The minimum Gasteiger partial charge on any atom is -0.376 e. The molecule has 2 aromatic rings. The maximum atomic E-state index is 12.4. The SMILES string of the molecule is CCN(CC)C(=O)c1cccc(NCC(=O)Nc2cccc(C)c2C)c1. The molecule has 5 heteroatoms. The summed E-state index contributed by atoms with van der Waals surface area (Å²) >= 11 is 0. The molecule has 0 aliphatic rings. The predicted molar refractivity (Wildman–Crippen MR) is 107 cm³/mol. The van der Waals surface area contributed by atoms with E-state index in [0.29, 0.717) is 18.7 Å². The fourth-order valence-corrected chi connectivity index (χ4v) is 2.72. The van der Waals surface area contributed by atoms with Crippen molar-refractivity contribution in [3.63, 3.8) is 0 Å². The van der Waals surface area contributed by atoms with E-state index in [1.54, 1.807) is 17.0 Å². The van der Waals surface area contributed by atoms with Gasteiger partial charge in [0.1, 0.15) is 0 Å². The Hall–Kier alpha value is -2.82. The van der Waals surface area contributed by atoms with Gasteiger partial charge in [0.15, 0.2) is 0 Å².